The van der Waals surface area contributed by atoms with E-state index in [9.17, 15) is 0 Å². The van der Waals surface area contributed by atoms with Crippen molar-refractivity contribution in [3.8, 4) is 0 Å². The fraction of sp³-hybridized carbons (Fsp3) is 0.333. The molecule has 1 fully saturated rings. The van der Waals surface area contributed by atoms with Crippen molar-refractivity contribution in [3.63, 3.8) is 0 Å². The molecule has 1 atom stereocenters. The minimum Gasteiger partial charge on any atom is -0.346 e. The van der Waals surface area contributed by atoms with Crippen LogP contribution in [0.25, 0.3) is 10.9 Å². The van der Waals surface area contributed by atoms with Crippen LogP contribution >= 0.6 is 11.3 Å². The Bertz CT molecular complexity index is 712. The van der Waals surface area contributed by atoms with Crippen LogP contribution in [-0.4, -0.2) is 27.9 Å². The molecule has 0 aliphatic carbocycles. The second-order valence-electron chi connectivity index (χ2n) is 5.31. The van der Waals surface area contributed by atoms with Crippen LogP contribution < -0.4 is 4.90 Å². The van der Waals surface area contributed by atoms with Gasteiger partial charge in [-0.1, -0.05) is 18.2 Å². The van der Waals surface area contributed by atoms with Gasteiger partial charge in [0.1, 0.15) is 0 Å². The van der Waals surface area contributed by atoms with Gasteiger partial charge >= 0.3 is 0 Å². The quantitative estimate of drug-likeness (QED) is 0.724. The predicted molar refractivity (Wildman–Crippen MR) is 82.5 cm³/mol. The number of thiazole rings is 1. The van der Waals surface area contributed by atoms with Crippen molar-refractivity contribution in [2.45, 2.75) is 19.4 Å². The summed E-state index contributed by atoms with van der Waals surface area (Å²) in [6, 6.07) is 8.75. The van der Waals surface area contributed by atoms with Gasteiger partial charge in [-0.3, -0.25) is 4.68 Å². The van der Waals surface area contributed by atoms with Gasteiger partial charge in [0.25, 0.3) is 0 Å². The van der Waals surface area contributed by atoms with Crippen molar-refractivity contribution in [3.05, 3.63) is 41.5 Å². The molecule has 0 saturated carbocycles. The third kappa shape index (κ3) is 1.98. The first-order chi connectivity index (χ1) is 9.79. The molecule has 1 saturated heterocycles. The Morgan fingerprint density at radius 1 is 1.30 bits per heavy atom. The van der Waals surface area contributed by atoms with Crippen LogP contribution in [0.5, 0.6) is 0 Å². The molecule has 2 aromatic heterocycles. The van der Waals surface area contributed by atoms with Crippen molar-refractivity contribution in [1.29, 1.82) is 0 Å². The lowest BCUT2D eigenvalue weighted by atomic mass is 10.2. The Morgan fingerprint density at radius 2 is 2.20 bits per heavy atom. The van der Waals surface area contributed by atoms with Crippen molar-refractivity contribution in [2.75, 3.05) is 18.0 Å². The fourth-order valence-corrected chi connectivity index (χ4v) is 3.58. The number of hydrogen-bond acceptors (Lipinski definition) is 4. The van der Waals surface area contributed by atoms with E-state index in [1.54, 1.807) is 11.3 Å². The average molecular weight is 284 g/mol. The van der Waals surface area contributed by atoms with Gasteiger partial charge in [-0.05, 0) is 19.4 Å². The molecule has 0 bridgehead atoms. The van der Waals surface area contributed by atoms with Gasteiger partial charge < -0.3 is 4.90 Å². The Balaban J connectivity index is 1.58. The number of benzene rings is 1. The van der Waals surface area contributed by atoms with E-state index in [0.29, 0.717) is 6.04 Å². The summed E-state index contributed by atoms with van der Waals surface area (Å²) in [6.07, 6.45) is 5.25. The summed E-state index contributed by atoms with van der Waals surface area (Å²) in [5.41, 5.74) is 1.08. The van der Waals surface area contributed by atoms with Crippen LogP contribution in [0.3, 0.4) is 0 Å². The molecule has 102 valence electrons. The molecular formula is C15H16N4S. The largest absolute Gasteiger partial charge is 0.346 e. The van der Waals surface area contributed by atoms with Crippen LogP contribution in [0.2, 0.25) is 0 Å². The number of nitrogens with zero attached hydrogens (tertiary/aromatic N) is 4. The number of anilines is 1. The molecule has 3 aromatic rings. The molecule has 5 heteroatoms. The van der Waals surface area contributed by atoms with Crippen LogP contribution in [-0.2, 0) is 0 Å². The lowest BCUT2D eigenvalue weighted by molar-refractivity contribution is 0.499. The zero-order valence-electron chi connectivity index (χ0n) is 11.4. The van der Waals surface area contributed by atoms with Crippen LogP contribution in [0.15, 0.2) is 36.7 Å². The molecule has 4 nitrogen and oxygen atoms in total. The molecule has 1 aromatic carbocycles. The van der Waals surface area contributed by atoms with E-state index in [4.69, 9.17) is 5.10 Å². The minimum absolute atomic E-state index is 0.451. The molecule has 1 aliphatic heterocycles. The third-order valence-corrected chi connectivity index (χ3v) is 4.82. The Labute approximate surface area is 121 Å². The predicted octanol–water partition coefficient (Wildman–Crippen LogP) is 3.25. The molecule has 20 heavy (non-hydrogen) atoms. The standard InChI is InChI=1S/C15H16N4S/c1-11-8-16-15(20-11)18-7-6-13(10-18)19-9-12-4-2-3-5-14(12)17-19/h2-5,8-9,13H,6-7,10H2,1H3. The Morgan fingerprint density at radius 3 is 3.00 bits per heavy atom. The Kier molecular flexibility index (Phi) is 2.73. The minimum atomic E-state index is 0.451. The lowest BCUT2D eigenvalue weighted by Gasteiger charge is -2.14. The number of hydrogen-bond donors (Lipinski definition) is 0. The Hall–Kier alpha value is -1.88. The van der Waals surface area contributed by atoms with E-state index >= 15 is 0 Å². The van der Waals surface area contributed by atoms with E-state index in [1.807, 2.05) is 12.3 Å². The summed E-state index contributed by atoms with van der Waals surface area (Å²) < 4.78 is 2.13. The zero-order valence-corrected chi connectivity index (χ0v) is 12.2. The van der Waals surface area contributed by atoms with Crippen LogP contribution in [0.4, 0.5) is 5.13 Å². The topological polar surface area (TPSA) is 34.0 Å². The summed E-state index contributed by atoms with van der Waals surface area (Å²) in [6.45, 7) is 4.17. The smallest absolute Gasteiger partial charge is 0.185 e. The van der Waals surface area contributed by atoms with Gasteiger partial charge in [0.15, 0.2) is 5.13 Å². The zero-order chi connectivity index (χ0) is 13.5. The molecule has 0 amide bonds. The molecule has 0 radical (unpaired) electrons. The van der Waals surface area contributed by atoms with Gasteiger partial charge in [0.2, 0.25) is 0 Å². The summed E-state index contributed by atoms with van der Waals surface area (Å²) in [5, 5.41) is 7.06. The summed E-state index contributed by atoms with van der Waals surface area (Å²) in [4.78, 5) is 8.12. The molecule has 1 aliphatic rings. The number of aryl methyl sites for hydroxylation is 1. The normalized spacial score (nSPS) is 19.1. The third-order valence-electron chi connectivity index (χ3n) is 3.85. The number of fused-ring (bicyclic) bond motifs is 1. The van der Waals surface area contributed by atoms with Crippen LogP contribution in [0, 0.1) is 6.92 Å². The monoisotopic (exact) mass is 284 g/mol. The molecule has 3 heterocycles. The SMILES string of the molecule is Cc1cnc(N2CCC(n3cc4ccccc4n3)C2)s1. The van der Waals surface area contributed by atoms with Gasteiger partial charge in [0, 0.05) is 35.7 Å². The van der Waals surface area contributed by atoms with E-state index in [1.165, 1.54) is 10.3 Å². The first-order valence-electron chi connectivity index (χ1n) is 6.91. The molecule has 1 unspecified atom stereocenters. The second-order valence-corrected chi connectivity index (χ2v) is 6.52. The first kappa shape index (κ1) is 11.9. The van der Waals surface area contributed by atoms with Crippen molar-refractivity contribution >= 4 is 27.4 Å². The fourth-order valence-electron chi connectivity index (χ4n) is 2.79. The van der Waals surface area contributed by atoms with E-state index in [-0.39, 0.29) is 0 Å². The maximum absolute atomic E-state index is 4.70. The van der Waals surface area contributed by atoms with E-state index in [2.05, 4.69) is 45.9 Å². The second kappa shape index (κ2) is 4.59. The molecule has 0 spiro atoms. The molecular weight excluding hydrogens is 268 g/mol. The van der Waals surface area contributed by atoms with Crippen LogP contribution in [0.1, 0.15) is 17.3 Å². The first-order valence-corrected chi connectivity index (χ1v) is 7.72. The highest BCUT2D eigenvalue weighted by atomic mass is 32.1. The van der Waals surface area contributed by atoms with Crippen molar-refractivity contribution < 1.29 is 0 Å². The highest BCUT2D eigenvalue weighted by molar-refractivity contribution is 7.15. The highest BCUT2D eigenvalue weighted by Crippen LogP contribution is 2.30. The van der Waals surface area contributed by atoms with Crippen molar-refractivity contribution in [2.24, 2.45) is 0 Å². The average Bonchev–Trinajstić information content (AvgIpc) is 3.16. The summed E-state index contributed by atoms with van der Waals surface area (Å²) >= 11 is 1.77. The van der Waals surface area contributed by atoms with Gasteiger partial charge in [-0.2, -0.15) is 5.10 Å². The van der Waals surface area contributed by atoms with Crippen molar-refractivity contribution in [1.82, 2.24) is 14.8 Å². The summed E-state index contributed by atoms with van der Waals surface area (Å²) in [5.74, 6) is 0. The number of aromatic nitrogens is 3. The van der Waals surface area contributed by atoms with Gasteiger partial charge in [0.05, 0.1) is 11.6 Å². The van der Waals surface area contributed by atoms with Gasteiger partial charge in [-0.25, -0.2) is 4.98 Å². The maximum atomic E-state index is 4.70. The molecule has 4 rings (SSSR count). The lowest BCUT2D eigenvalue weighted by Crippen LogP contribution is -2.20. The number of rotatable bonds is 2. The molecule has 0 N–H and O–H groups in total. The van der Waals surface area contributed by atoms with E-state index < -0.39 is 0 Å². The highest BCUT2D eigenvalue weighted by Gasteiger charge is 2.26. The van der Waals surface area contributed by atoms with E-state index in [0.717, 1.165) is 30.2 Å². The maximum Gasteiger partial charge on any atom is 0.185 e. The van der Waals surface area contributed by atoms with Gasteiger partial charge in [-0.15, -0.1) is 11.3 Å². The summed E-state index contributed by atoms with van der Waals surface area (Å²) in [7, 11) is 0.